The van der Waals surface area contributed by atoms with E-state index in [9.17, 15) is 29.8 Å². The number of rotatable bonds is 14. The molecule has 252 valence electrons. The Morgan fingerprint density at radius 1 is 0.708 bits per heavy atom. The normalized spacial score (nSPS) is 11.9. The van der Waals surface area contributed by atoms with Crippen LogP contribution < -0.4 is 20.4 Å². The quantitative estimate of drug-likeness (QED) is 0.0627. The monoisotopic (exact) mass is 736 g/mol. The Balaban J connectivity index is 1.31. The van der Waals surface area contributed by atoms with Crippen LogP contribution in [0.4, 0.5) is 5.69 Å². The number of nitrogens with one attached hydrogen (secondary N) is 2. The average molecular weight is 738 g/mol. The topological polar surface area (TPSA) is 164 Å². The number of hydroxylamine groups is 1. The number of hydrogen-bond acceptors (Lipinski definition) is 8. The SMILES string of the molecule is CC(C)(COOc1ccc(C(NO)c2c(Cl)ccc(Cl)c2C(=O)O)cc1)COc1ccc(NC(=O)c2c(Cl)ccc(Cl)c2C(=O)O)cc1. The molecule has 0 saturated carbocycles. The summed E-state index contributed by atoms with van der Waals surface area (Å²) >= 11 is 24.4. The van der Waals surface area contributed by atoms with Gasteiger partial charge in [0.1, 0.15) is 12.4 Å². The van der Waals surface area contributed by atoms with E-state index in [4.69, 9.17) is 60.9 Å². The molecule has 0 aliphatic rings. The summed E-state index contributed by atoms with van der Waals surface area (Å²) in [6.45, 7) is 4.16. The van der Waals surface area contributed by atoms with Crippen LogP contribution in [0.1, 0.15) is 62.1 Å². The minimum Gasteiger partial charge on any atom is -0.493 e. The molecule has 0 heterocycles. The van der Waals surface area contributed by atoms with E-state index < -0.39 is 34.9 Å². The third kappa shape index (κ3) is 8.88. The highest BCUT2D eigenvalue weighted by Crippen LogP contribution is 2.36. The number of amides is 1. The Hall–Kier alpha value is -4.07. The van der Waals surface area contributed by atoms with Crippen molar-refractivity contribution in [2.24, 2.45) is 5.41 Å². The average Bonchev–Trinajstić information content (AvgIpc) is 3.04. The van der Waals surface area contributed by atoms with Gasteiger partial charge in [-0.25, -0.2) is 9.59 Å². The van der Waals surface area contributed by atoms with Crippen LogP contribution in [0, 0.1) is 5.41 Å². The molecule has 5 N–H and O–H groups in total. The van der Waals surface area contributed by atoms with Crippen LogP contribution in [0.25, 0.3) is 0 Å². The number of ether oxygens (including phenoxy) is 1. The number of halogens is 4. The maximum atomic E-state index is 12.8. The Morgan fingerprint density at radius 3 is 1.79 bits per heavy atom. The predicted molar refractivity (Wildman–Crippen MR) is 180 cm³/mol. The van der Waals surface area contributed by atoms with Gasteiger partial charge in [-0.05, 0) is 66.2 Å². The Morgan fingerprint density at radius 2 is 1.23 bits per heavy atom. The van der Waals surface area contributed by atoms with E-state index in [1.165, 1.54) is 24.3 Å². The number of carboxylic acids is 2. The summed E-state index contributed by atoms with van der Waals surface area (Å²) in [5.41, 5.74) is 1.67. The zero-order valence-corrected chi connectivity index (χ0v) is 28.2. The van der Waals surface area contributed by atoms with Gasteiger partial charge in [0.05, 0.1) is 44.4 Å². The Kier molecular flexibility index (Phi) is 12.2. The number of carbonyl (C=O) groups is 3. The summed E-state index contributed by atoms with van der Waals surface area (Å²) in [5.74, 6) is -2.56. The zero-order chi connectivity index (χ0) is 35.2. The number of aromatic carboxylic acids is 2. The summed E-state index contributed by atoms with van der Waals surface area (Å²) in [7, 11) is 0. The fourth-order valence-corrected chi connectivity index (χ4v) is 5.47. The highest BCUT2D eigenvalue weighted by molar-refractivity contribution is 6.39. The van der Waals surface area contributed by atoms with Gasteiger partial charge >= 0.3 is 11.9 Å². The summed E-state index contributed by atoms with van der Waals surface area (Å²) in [6.07, 6.45) is 0. The fourth-order valence-electron chi connectivity index (χ4n) is 4.48. The Bertz CT molecular complexity index is 1820. The second kappa shape index (κ2) is 15.9. The van der Waals surface area contributed by atoms with Crippen molar-refractivity contribution in [1.29, 1.82) is 0 Å². The number of carbonyl (C=O) groups excluding carboxylic acids is 1. The summed E-state index contributed by atoms with van der Waals surface area (Å²) in [5, 5.41) is 31.5. The van der Waals surface area contributed by atoms with Gasteiger partial charge in [-0.2, -0.15) is 10.4 Å². The molecule has 0 aliphatic heterocycles. The molecule has 4 aromatic carbocycles. The van der Waals surface area contributed by atoms with Crippen LogP contribution in [-0.4, -0.2) is 46.5 Å². The van der Waals surface area contributed by atoms with Crippen molar-refractivity contribution < 1.29 is 44.3 Å². The first kappa shape index (κ1) is 36.8. The van der Waals surface area contributed by atoms with E-state index >= 15 is 0 Å². The van der Waals surface area contributed by atoms with Crippen molar-refractivity contribution in [3.8, 4) is 11.5 Å². The summed E-state index contributed by atoms with van der Waals surface area (Å²) in [6, 6.07) is 17.3. The van der Waals surface area contributed by atoms with Crippen molar-refractivity contribution in [3.63, 3.8) is 0 Å². The lowest BCUT2D eigenvalue weighted by Gasteiger charge is -2.24. The minimum atomic E-state index is -1.38. The van der Waals surface area contributed by atoms with Gasteiger partial charge < -0.3 is 30.4 Å². The maximum absolute atomic E-state index is 12.8. The van der Waals surface area contributed by atoms with E-state index in [0.29, 0.717) is 22.7 Å². The molecule has 1 unspecified atom stereocenters. The van der Waals surface area contributed by atoms with Crippen molar-refractivity contribution in [2.75, 3.05) is 18.5 Å². The lowest BCUT2D eigenvalue weighted by Crippen LogP contribution is -2.28. The molecule has 0 spiro atoms. The predicted octanol–water partition coefficient (Wildman–Crippen LogP) is 8.43. The number of benzene rings is 4. The first-order valence-electron chi connectivity index (χ1n) is 14.0. The van der Waals surface area contributed by atoms with Gasteiger partial charge in [0, 0.05) is 21.7 Å². The van der Waals surface area contributed by atoms with E-state index in [0.717, 1.165) is 0 Å². The lowest BCUT2D eigenvalue weighted by molar-refractivity contribution is -0.228. The molecule has 1 atom stereocenters. The van der Waals surface area contributed by atoms with Crippen LogP contribution >= 0.6 is 46.4 Å². The van der Waals surface area contributed by atoms with Crippen LogP contribution in [0.2, 0.25) is 20.1 Å². The van der Waals surface area contributed by atoms with Gasteiger partial charge in [0.15, 0.2) is 5.75 Å². The molecule has 48 heavy (non-hydrogen) atoms. The second-order valence-corrected chi connectivity index (χ2v) is 12.7. The third-order valence-electron chi connectivity index (χ3n) is 6.88. The van der Waals surface area contributed by atoms with E-state index in [1.54, 1.807) is 48.5 Å². The second-order valence-electron chi connectivity index (χ2n) is 11.1. The molecule has 4 rings (SSSR count). The molecule has 0 aromatic heterocycles. The lowest BCUT2D eigenvalue weighted by atomic mass is 9.94. The first-order chi connectivity index (χ1) is 22.7. The van der Waals surface area contributed by atoms with Crippen molar-refractivity contribution in [3.05, 3.63) is 121 Å². The molecular formula is C33H28Cl4N2O9. The zero-order valence-electron chi connectivity index (χ0n) is 25.2. The molecule has 0 fully saturated rings. The molecule has 0 saturated heterocycles. The summed E-state index contributed by atoms with van der Waals surface area (Å²) in [4.78, 5) is 47.2. The van der Waals surface area contributed by atoms with Crippen LogP contribution in [0.3, 0.4) is 0 Å². The molecule has 11 nitrogen and oxygen atoms in total. The van der Waals surface area contributed by atoms with Crippen molar-refractivity contribution >= 4 is 69.9 Å². The standard InChI is InChI=1S/C33H28Cl4N2O9/c1-33(2,15-46-19-9-5-18(6-10-19)38-30(40)26-22(35)12-14-24(37)28(26)32(43)44)16-47-48-20-7-3-17(4-8-20)29(39-45)25-21(34)11-13-23(36)27(25)31(41)42/h3-14,29,39,45H,15-16H2,1-2H3,(H,38,40)(H,41,42)(H,43,44). The number of anilines is 1. The number of carboxylic acid groups (broad SMARTS) is 2. The molecule has 1 amide bonds. The fraction of sp³-hybridized carbons (Fsp3) is 0.182. The highest BCUT2D eigenvalue weighted by atomic mass is 35.5. The maximum Gasteiger partial charge on any atom is 0.338 e. The van der Waals surface area contributed by atoms with Gasteiger partial charge in [-0.3, -0.25) is 4.79 Å². The van der Waals surface area contributed by atoms with Gasteiger partial charge in [-0.15, -0.1) is 0 Å². The summed E-state index contributed by atoms with van der Waals surface area (Å²) < 4.78 is 5.89. The van der Waals surface area contributed by atoms with Crippen LogP contribution in [-0.2, 0) is 4.89 Å². The van der Waals surface area contributed by atoms with Crippen molar-refractivity contribution in [1.82, 2.24) is 5.48 Å². The third-order valence-corrected chi connectivity index (χ3v) is 8.15. The van der Waals surface area contributed by atoms with Gasteiger partial charge in [0.25, 0.3) is 5.91 Å². The van der Waals surface area contributed by atoms with E-state index in [-0.39, 0.29) is 50.0 Å². The van der Waals surface area contributed by atoms with Crippen LogP contribution in [0.15, 0.2) is 72.8 Å². The largest absolute Gasteiger partial charge is 0.493 e. The van der Waals surface area contributed by atoms with E-state index in [2.05, 4.69) is 10.8 Å². The molecule has 0 aliphatic carbocycles. The van der Waals surface area contributed by atoms with E-state index in [1.807, 2.05) is 13.8 Å². The first-order valence-corrected chi connectivity index (χ1v) is 15.5. The van der Waals surface area contributed by atoms with Crippen molar-refractivity contribution in [2.45, 2.75) is 19.9 Å². The molecule has 0 radical (unpaired) electrons. The molecule has 15 heteroatoms. The highest BCUT2D eigenvalue weighted by Gasteiger charge is 2.27. The molecule has 0 bridgehead atoms. The Labute approximate surface area is 294 Å². The molecule has 4 aromatic rings. The molecular weight excluding hydrogens is 710 g/mol. The number of hydrogen-bond donors (Lipinski definition) is 5. The smallest absolute Gasteiger partial charge is 0.338 e. The minimum absolute atomic E-state index is 0.0269. The van der Waals surface area contributed by atoms with Gasteiger partial charge in [0.2, 0.25) is 0 Å². The van der Waals surface area contributed by atoms with Gasteiger partial charge in [-0.1, -0.05) is 72.4 Å². The van der Waals surface area contributed by atoms with Crippen LogP contribution in [0.5, 0.6) is 11.5 Å².